The number of nitrogens with zero attached hydrogens (tertiary/aromatic N) is 1. The average Bonchev–Trinajstić information content (AvgIpc) is 2.77. The predicted octanol–water partition coefficient (Wildman–Crippen LogP) is 1.90. The van der Waals surface area contributed by atoms with Crippen molar-refractivity contribution < 1.29 is 9.84 Å². The van der Waals surface area contributed by atoms with E-state index in [1.165, 1.54) is 25.7 Å². The number of aliphatic hydroxyl groups excluding tert-OH is 1. The zero-order chi connectivity index (χ0) is 11.9. The molecule has 1 rings (SSSR count). The van der Waals surface area contributed by atoms with E-state index >= 15 is 0 Å². The fraction of sp³-hybridized carbons (Fsp3) is 1.00. The highest BCUT2D eigenvalue weighted by molar-refractivity contribution is 4.86. The summed E-state index contributed by atoms with van der Waals surface area (Å²) in [4.78, 5) is 2.41. The van der Waals surface area contributed by atoms with E-state index in [9.17, 15) is 5.11 Å². The number of likely N-dealkylation sites (N-methyl/N-ethyl adjacent to an activating group) is 1. The molecule has 1 saturated carbocycles. The lowest BCUT2D eigenvalue weighted by Crippen LogP contribution is -2.40. The van der Waals surface area contributed by atoms with Gasteiger partial charge in [-0.05, 0) is 26.3 Å². The van der Waals surface area contributed by atoms with Gasteiger partial charge in [0.15, 0.2) is 0 Å². The quantitative estimate of drug-likeness (QED) is 0.645. The van der Waals surface area contributed by atoms with Crippen LogP contribution >= 0.6 is 0 Å². The monoisotopic (exact) mass is 229 g/mol. The van der Waals surface area contributed by atoms with Crippen molar-refractivity contribution in [2.24, 2.45) is 5.41 Å². The Hall–Kier alpha value is -0.120. The molecule has 3 heteroatoms. The zero-order valence-corrected chi connectivity index (χ0v) is 10.9. The molecule has 0 radical (unpaired) electrons. The molecule has 0 spiro atoms. The third-order valence-electron chi connectivity index (χ3n) is 3.76. The summed E-state index contributed by atoms with van der Waals surface area (Å²) in [5, 5.41) is 9.57. The Bertz CT molecular complexity index is 179. The van der Waals surface area contributed by atoms with E-state index in [1.54, 1.807) is 0 Å². The van der Waals surface area contributed by atoms with Crippen LogP contribution in [0.1, 0.15) is 39.5 Å². The Morgan fingerprint density at radius 1 is 1.25 bits per heavy atom. The summed E-state index contributed by atoms with van der Waals surface area (Å²) in [7, 11) is 0. The van der Waals surface area contributed by atoms with E-state index in [-0.39, 0.29) is 5.41 Å². The largest absolute Gasteiger partial charge is 0.396 e. The summed E-state index contributed by atoms with van der Waals surface area (Å²) in [5.74, 6) is 0. The molecule has 0 unspecified atom stereocenters. The molecule has 0 bridgehead atoms. The van der Waals surface area contributed by atoms with Crippen LogP contribution in [0.25, 0.3) is 0 Å². The molecule has 96 valence electrons. The van der Waals surface area contributed by atoms with Crippen molar-refractivity contribution in [2.75, 3.05) is 39.5 Å². The third-order valence-corrected chi connectivity index (χ3v) is 3.76. The van der Waals surface area contributed by atoms with Gasteiger partial charge in [-0.25, -0.2) is 0 Å². The molecule has 1 aliphatic carbocycles. The van der Waals surface area contributed by atoms with Crippen molar-refractivity contribution in [3.8, 4) is 0 Å². The lowest BCUT2D eigenvalue weighted by molar-refractivity contribution is 0.0583. The van der Waals surface area contributed by atoms with Crippen LogP contribution in [-0.2, 0) is 4.74 Å². The molecule has 1 N–H and O–H groups in total. The normalized spacial score (nSPS) is 19.5. The van der Waals surface area contributed by atoms with E-state index in [0.717, 1.165) is 32.8 Å². The molecule has 0 amide bonds. The van der Waals surface area contributed by atoms with Gasteiger partial charge in [0, 0.05) is 31.7 Å². The van der Waals surface area contributed by atoms with Gasteiger partial charge in [-0.15, -0.1) is 0 Å². The number of aliphatic hydroxyl groups is 1. The molecule has 0 aromatic carbocycles. The van der Waals surface area contributed by atoms with Crippen LogP contribution in [0.2, 0.25) is 0 Å². The summed E-state index contributed by atoms with van der Waals surface area (Å²) in [6.07, 6.45) is 4.94. The maximum absolute atomic E-state index is 9.57. The molecule has 0 aliphatic heterocycles. The number of hydrogen-bond acceptors (Lipinski definition) is 3. The molecule has 0 aromatic rings. The van der Waals surface area contributed by atoms with E-state index in [1.807, 2.05) is 6.92 Å². The van der Waals surface area contributed by atoms with Gasteiger partial charge in [0.25, 0.3) is 0 Å². The van der Waals surface area contributed by atoms with Gasteiger partial charge in [0.1, 0.15) is 0 Å². The van der Waals surface area contributed by atoms with Crippen molar-refractivity contribution in [3.05, 3.63) is 0 Å². The predicted molar refractivity (Wildman–Crippen MR) is 66.6 cm³/mol. The highest BCUT2D eigenvalue weighted by atomic mass is 16.5. The molecule has 3 nitrogen and oxygen atoms in total. The van der Waals surface area contributed by atoms with Gasteiger partial charge in [0.05, 0.1) is 6.61 Å². The Balaban J connectivity index is 2.35. The molecule has 0 atom stereocenters. The molecular formula is C13H27NO2. The second kappa shape index (κ2) is 7.25. The van der Waals surface area contributed by atoms with Gasteiger partial charge >= 0.3 is 0 Å². The summed E-state index contributed by atoms with van der Waals surface area (Å²) < 4.78 is 5.39. The number of hydrogen-bond donors (Lipinski definition) is 1. The van der Waals surface area contributed by atoms with E-state index in [0.29, 0.717) is 6.61 Å². The Morgan fingerprint density at radius 2 is 1.94 bits per heavy atom. The Labute approximate surface area is 99.8 Å². The molecule has 1 fully saturated rings. The maximum atomic E-state index is 9.57. The third kappa shape index (κ3) is 4.04. The minimum atomic E-state index is 0.183. The Morgan fingerprint density at radius 3 is 2.44 bits per heavy atom. The van der Waals surface area contributed by atoms with E-state index in [2.05, 4.69) is 11.8 Å². The molecule has 0 saturated heterocycles. The summed E-state index contributed by atoms with van der Waals surface area (Å²) in [6.45, 7) is 9.25. The first kappa shape index (κ1) is 13.9. The lowest BCUT2D eigenvalue weighted by atomic mass is 9.86. The first-order valence-electron chi connectivity index (χ1n) is 6.67. The smallest absolute Gasteiger partial charge is 0.0593 e. The molecule has 16 heavy (non-hydrogen) atoms. The highest BCUT2D eigenvalue weighted by Crippen LogP contribution is 2.38. The van der Waals surface area contributed by atoms with Crippen molar-refractivity contribution in [1.29, 1.82) is 0 Å². The molecule has 0 heterocycles. The van der Waals surface area contributed by atoms with Gasteiger partial charge in [0.2, 0.25) is 0 Å². The van der Waals surface area contributed by atoms with Gasteiger partial charge in [-0.3, -0.25) is 0 Å². The fourth-order valence-electron chi connectivity index (χ4n) is 2.65. The van der Waals surface area contributed by atoms with Crippen LogP contribution in [0.15, 0.2) is 0 Å². The first-order chi connectivity index (χ1) is 7.76. The summed E-state index contributed by atoms with van der Waals surface area (Å²) in [6, 6.07) is 0. The van der Waals surface area contributed by atoms with Crippen molar-refractivity contribution in [2.45, 2.75) is 39.5 Å². The SMILES string of the molecule is CCOCCN(CC)CC1(CO)CCCC1. The summed E-state index contributed by atoms with van der Waals surface area (Å²) in [5.41, 5.74) is 0.183. The van der Waals surface area contributed by atoms with Crippen LogP contribution in [0.3, 0.4) is 0 Å². The maximum Gasteiger partial charge on any atom is 0.0593 e. The lowest BCUT2D eigenvalue weighted by Gasteiger charge is -2.33. The van der Waals surface area contributed by atoms with Crippen LogP contribution in [0, 0.1) is 5.41 Å². The van der Waals surface area contributed by atoms with Crippen LogP contribution < -0.4 is 0 Å². The standard InChI is InChI=1S/C13H27NO2/c1-3-14(9-10-16-4-2)11-13(12-15)7-5-6-8-13/h15H,3-12H2,1-2H3. The minimum Gasteiger partial charge on any atom is -0.396 e. The highest BCUT2D eigenvalue weighted by Gasteiger charge is 2.34. The van der Waals surface area contributed by atoms with Crippen LogP contribution in [-0.4, -0.2) is 49.5 Å². The molecular weight excluding hydrogens is 202 g/mol. The van der Waals surface area contributed by atoms with Crippen molar-refractivity contribution >= 4 is 0 Å². The topological polar surface area (TPSA) is 32.7 Å². The number of ether oxygens (including phenoxy) is 1. The summed E-state index contributed by atoms with van der Waals surface area (Å²) >= 11 is 0. The van der Waals surface area contributed by atoms with Gasteiger partial charge in [-0.1, -0.05) is 19.8 Å². The van der Waals surface area contributed by atoms with Crippen molar-refractivity contribution in [3.63, 3.8) is 0 Å². The zero-order valence-electron chi connectivity index (χ0n) is 10.9. The average molecular weight is 229 g/mol. The second-order valence-corrected chi connectivity index (χ2v) is 4.93. The van der Waals surface area contributed by atoms with Crippen LogP contribution in [0.5, 0.6) is 0 Å². The van der Waals surface area contributed by atoms with Crippen molar-refractivity contribution in [1.82, 2.24) is 4.90 Å². The number of rotatable bonds is 8. The van der Waals surface area contributed by atoms with E-state index < -0.39 is 0 Å². The first-order valence-corrected chi connectivity index (χ1v) is 6.67. The van der Waals surface area contributed by atoms with E-state index in [4.69, 9.17) is 4.74 Å². The molecule has 1 aliphatic rings. The second-order valence-electron chi connectivity index (χ2n) is 4.93. The van der Waals surface area contributed by atoms with Gasteiger partial charge in [-0.2, -0.15) is 0 Å². The molecule has 0 aromatic heterocycles. The fourth-order valence-corrected chi connectivity index (χ4v) is 2.65. The van der Waals surface area contributed by atoms with Gasteiger partial charge < -0.3 is 14.7 Å². The van der Waals surface area contributed by atoms with Crippen LogP contribution in [0.4, 0.5) is 0 Å². The Kier molecular flexibility index (Phi) is 6.32. The minimum absolute atomic E-state index is 0.183.